The van der Waals surface area contributed by atoms with Gasteiger partial charge in [-0.1, -0.05) is 0 Å². The molecule has 0 radical (unpaired) electrons. The maximum atomic E-state index is 14.5. The number of phenolic OH excluding ortho intramolecular Hbond substituents is 1. The van der Waals surface area contributed by atoms with E-state index in [1.54, 1.807) is 0 Å². The summed E-state index contributed by atoms with van der Waals surface area (Å²) in [4.78, 5) is 15.3. The number of cyclic esters (lactones) is 1. The second-order valence-electron chi connectivity index (χ2n) is 6.43. The molecule has 0 aliphatic carbocycles. The maximum absolute atomic E-state index is 14.5. The van der Waals surface area contributed by atoms with Crippen molar-refractivity contribution in [3.8, 4) is 16.9 Å². The first-order valence-corrected chi connectivity index (χ1v) is 10.7. The molecule has 2 heterocycles. The highest BCUT2D eigenvalue weighted by atomic mass is 79.9. The highest BCUT2D eigenvalue weighted by molar-refractivity contribution is 9.10. The van der Waals surface area contributed by atoms with Crippen LogP contribution in [0.4, 0.5) is 18.9 Å². The Bertz CT molecular complexity index is 1370. The van der Waals surface area contributed by atoms with E-state index in [2.05, 4.69) is 20.9 Å². The van der Waals surface area contributed by atoms with Crippen LogP contribution in [0.25, 0.3) is 11.1 Å². The van der Waals surface area contributed by atoms with Gasteiger partial charge < -0.3 is 9.84 Å². The third-order valence-electron chi connectivity index (χ3n) is 4.43. The lowest BCUT2D eigenvalue weighted by Crippen LogP contribution is -2.15. The molecule has 3 aromatic rings. The van der Waals surface area contributed by atoms with Crippen LogP contribution in [-0.4, -0.2) is 24.5 Å². The summed E-state index contributed by atoms with van der Waals surface area (Å²) in [5.74, 6) is -5.02. The van der Waals surface area contributed by atoms with Crippen molar-refractivity contribution in [3.63, 3.8) is 0 Å². The number of pyridine rings is 1. The number of phenols is 1. The maximum Gasteiger partial charge on any atom is 0.338 e. The second kappa shape index (κ2) is 7.54. The van der Waals surface area contributed by atoms with Gasteiger partial charge in [-0.2, -0.15) is 4.39 Å². The first-order chi connectivity index (χ1) is 14.6. The largest absolute Gasteiger partial charge is 0.505 e. The Balaban J connectivity index is 2.02. The van der Waals surface area contributed by atoms with E-state index in [-0.39, 0.29) is 26.9 Å². The number of carbonyl (C=O) groups excluding carboxylic acids is 1. The molecule has 7 nitrogen and oxygen atoms in total. The van der Waals surface area contributed by atoms with Gasteiger partial charge >= 0.3 is 5.97 Å². The van der Waals surface area contributed by atoms with Gasteiger partial charge in [0, 0.05) is 17.2 Å². The zero-order valence-electron chi connectivity index (χ0n) is 15.1. The van der Waals surface area contributed by atoms with E-state index in [0.717, 1.165) is 30.3 Å². The van der Waals surface area contributed by atoms with E-state index in [1.807, 2.05) is 4.72 Å². The number of hydrogen-bond donors (Lipinski definition) is 2. The minimum atomic E-state index is -4.63. The van der Waals surface area contributed by atoms with Crippen molar-refractivity contribution in [2.75, 3.05) is 4.72 Å². The lowest BCUT2D eigenvalue weighted by molar-refractivity contribution is 0.0467. The van der Waals surface area contributed by atoms with E-state index in [4.69, 9.17) is 4.74 Å². The van der Waals surface area contributed by atoms with Gasteiger partial charge in [-0.15, -0.1) is 0 Å². The van der Waals surface area contributed by atoms with Gasteiger partial charge in [0.2, 0.25) is 5.95 Å². The molecule has 1 aliphatic rings. The number of sulfonamides is 1. The van der Waals surface area contributed by atoms with E-state index >= 15 is 0 Å². The lowest BCUT2D eigenvalue weighted by atomic mass is 10.0. The van der Waals surface area contributed by atoms with Crippen LogP contribution in [0.5, 0.6) is 5.75 Å². The fourth-order valence-corrected chi connectivity index (χ4v) is 4.77. The Kier molecular flexibility index (Phi) is 5.13. The van der Waals surface area contributed by atoms with Crippen LogP contribution in [0, 0.1) is 17.6 Å². The van der Waals surface area contributed by atoms with Crippen LogP contribution < -0.4 is 4.72 Å². The quantitative estimate of drug-likeness (QED) is 0.345. The van der Waals surface area contributed by atoms with Crippen LogP contribution in [0.15, 0.2) is 45.8 Å². The van der Waals surface area contributed by atoms with Gasteiger partial charge in [0.1, 0.15) is 28.9 Å². The van der Waals surface area contributed by atoms with Crippen molar-refractivity contribution < 1.29 is 36.2 Å². The molecule has 1 aliphatic heterocycles. The molecule has 0 amide bonds. The van der Waals surface area contributed by atoms with E-state index in [9.17, 15) is 31.5 Å². The molecule has 0 spiro atoms. The highest BCUT2D eigenvalue weighted by Gasteiger charge is 2.27. The molecule has 31 heavy (non-hydrogen) atoms. The van der Waals surface area contributed by atoms with E-state index in [1.165, 1.54) is 0 Å². The Morgan fingerprint density at radius 3 is 2.55 bits per heavy atom. The van der Waals surface area contributed by atoms with Crippen LogP contribution in [-0.2, 0) is 21.4 Å². The number of fused-ring (bicyclic) bond motifs is 6. The van der Waals surface area contributed by atoms with Gasteiger partial charge in [-0.05, 0) is 46.3 Å². The fraction of sp³-hybridized carbons (Fsp3) is 0.0526. The smallest absolute Gasteiger partial charge is 0.338 e. The van der Waals surface area contributed by atoms with Gasteiger partial charge in [0.15, 0.2) is 0 Å². The normalized spacial score (nSPS) is 14.9. The van der Waals surface area contributed by atoms with Crippen molar-refractivity contribution in [1.29, 1.82) is 0 Å². The highest BCUT2D eigenvalue weighted by Crippen LogP contribution is 2.36. The SMILES string of the molecule is O=C1OCc2nc(F)ccc2-c2cc(c(F)cc2F)NS(=O)(=O)c2cc1cc(Br)c2O. The number of nitrogens with one attached hydrogen (secondary N) is 1. The topological polar surface area (TPSA) is 106 Å². The third-order valence-corrected chi connectivity index (χ3v) is 6.41. The van der Waals surface area contributed by atoms with Gasteiger partial charge in [-0.3, -0.25) is 4.72 Å². The predicted octanol–water partition coefficient (Wildman–Crippen LogP) is 4.11. The number of anilines is 1. The molecular formula is C19H10BrF3N2O5S. The number of nitrogens with zero attached hydrogens (tertiary/aromatic N) is 1. The van der Waals surface area contributed by atoms with E-state index < -0.39 is 56.5 Å². The van der Waals surface area contributed by atoms with Gasteiger partial charge in [0.05, 0.1) is 21.4 Å². The summed E-state index contributed by atoms with van der Waals surface area (Å²) in [5.41, 5.74) is -1.44. The second-order valence-corrected chi connectivity index (χ2v) is 8.93. The average Bonchev–Trinajstić information content (AvgIpc) is 2.70. The summed E-state index contributed by atoms with van der Waals surface area (Å²) >= 11 is 2.95. The molecule has 0 saturated carbocycles. The molecule has 2 N–H and O–H groups in total. The molecule has 12 heteroatoms. The first-order valence-electron chi connectivity index (χ1n) is 8.44. The Morgan fingerprint density at radius 1 is 1.06 bits per heavy atom. The summed E-state index contributed by atoms with van der Waals surface area (Å²) in [6.07, 6.45) is 0. The molecule has 0 unspecified atom stereocenters. The summed E-state index contributed by atoms with van der Waals surface area (Å²) in [5, 5.41) is 10.2. The predicted molar refractivity (Wildman–Crippen MR) is 105 cm³/mol. The van der Waals surface area contributed by atoms with Crippen molar-refractivity contribution in [2.24, 2.45) is 0 Å². The standard InChI is InChI=1S/C19H10BrF3N2O5S/c20-11-3-8-4-16(18(11)26)31(28,29)25-14-5-10(12(21)6-13(14)22)9-1-2-17(23)24-15(9)7-30-19(8)27/h1-6,25-26H,7H2. The van der Waals surface area contributed by atoms with Crippen molar-refractivity contribution in [2.45, 2.75) is 11.5 Å². The number of rotatable bonds is 0. The monoisotopic (exact) mass is 514 g/mol. The van der Waals surface area contributed by atoms with Crippen molar-refractivity contribution in [3.05, 3.63) is 69.7 Å². The summed E-state index contributed by atoms with van der Waals surface area (Å²) in [6, 6.07) is 5.29. The Morgan fingerprint density at radius 2 is 1.81 bits per heavy atom. The molecule has 160 valence electrons. The number of carbonyl (C=O) groups is 1. The number of hydrogen-bond acceptors (Lipinski definition) is 6. The van der Waals surface area contributed by atoms with Crippen molar-refractivity contribution in [1.82, 2.24) is 4.98 Å². The lowest BCUT2D eigenvalue weighted by Gasteiger charge is -2.14. The molecule has 4 bridgehead atoms. The number of halogens is 4. The van der Waals surface area contributed by atoms with Crippen molar-refractivity contribution >= 4 is 37.6 Å². The number of aromatic hydroxyl groups is 1. The number of benzene rings is 2. The van der Waals surface area contributed by atoms with Crippen LogP contribution in [0.2, 0.25) is 0 Å². The molecule has 0 atom stereocenters. The minimum absolute atomic E-state index is 0.0397. The minimum Gasteiger partial charge on any atom is -0.505 e. The molecular weight excluding hydrogens is 505 g/mol. The van der Waals surface area contributed by atoms with Gasteiger partial charge in [0.25, 0.3) is 10.0 Å². The Labute approximate surface area is 181 Å². The van der Waals surface area contributed by atoms with Crippen LogP contribution in [0.1, 0.15) is 16.1 Å². The fourth-order valence-electron chi connectivity index (χ4n) is 2.98. The molecule has 0 fully saturated rings. The number of esters is 1. The van der Waals surface area contributed by atoms with Crippen LogP contribution in [0.3, 0.4) is 0 Å². The average molecular weight is 515 g/mol. The molecule has 1 aromatic heterocycles. The number of aromatic nitrogens is 1. The molecule has 4 rings (SSSR count). The molecule has 2 aromatic carbocycles. The van der Waals surface area contributed by atoms with Gasteiger partial charge in [-0.25, -0.2) is 27.0 Å². The Hall–Kier alpha value is -3.12. The summed E-state index contributed by atoms with van der Waals surface area (Å²) < 4.78 is 75.1. The zero-order valence-corrected chi connectivity index (χ0v) is 17.5. The summed E-state index contributed by atoms with van der Waals surface area (Å²) in [7, 11) is -4.63. The molecule has 0 saturated heterocycles. The van der Waals surface area contributed by atoms with E-state index in [0.29, 0.717) is 6.07 Å². The third kappa shape index (κ3) is 3.83. The zero-order chi connectivity index (χ0) is 22.5. The number of ether oxygens (including phenoxy) is 1. The summed E-state index contributed by atoms with van der Waals surface area (Å²) in [6.45, 7) is -0.591. The first kappa shape index (κ1) is 21.1. The van der Waals surface area contributed by atoms with Crippen LogP contribution >= 0.6 is 15.9 Å².